The van der Waals surface area contributed by atoms with Gasteiger partial charge < -0.3 is 4.90 Å². The fourth-order valence-corrected chi connectivity index (χ4v) is 5.17. The van der Waals surface area contributed by atoms with Gasteiger partial charge in [0.15, 0.2) is 0 Å². The minimum atomic E-state index is -3.63. The summed E-state index contributed by atoms with van der Waals surface area (Å²) in [4.78, 5) is 14.1. The second-order valence-corrected chi connectivity index (χ2v) is 8.56. The SMILES string of the molecule is CCCCCC(=O)N1CCN(S(=O)(=O)c2cccc3nsnc23)CC1. The number of carbonyl (C=O) groups excluding carboxylic acids is 1. The highest BCUT2D eigenvalue weighted by Gasteiger charge is 2.31. The molecule has 136 valence electrons. The van der Waals surface area contributed by atoms with Gasteiger partial charge >= 0.3 is 0 Å². The summed E-state index contributed by atoms with van der Waals surface area (Å²) in [6, 6.07) is 5.01. The molecule has 2 aromatic rings. The van der Waals surface area contributed by atoms with Gasteiger partial charge in [-0.25, -0.2) is 8.42 Å². The largest absolute Gasteiger partial charge is 0.340 e. The quantitative estimate of drug-likeness (QED) is 0.715. The number of aromatic nitrogens is 2. The summed E-state index contributed by atoms with van der Waals surface area (Å²) in [5.74, 6) is 0.122. The second-order valence-electron chi connectivity index (χ2n) is 6.13. The molecule has 0 bridgehead atoms. The number of carbonyl (C=O) groups is 1. The van der Waals surface area contributed by atoms with Crippen LogP contribution in [0, 0.1) is 0 Å². The van der Waals surface area contributed by atoms with Crippen molar-refractivity contribution in [3.8, 4) is 0 Å². The molecule has 1 amide bonds. The van der Waals surface area contributed by atoms with Crippen molar-refractivity contribution in [2.45, 2.75) is 37.5 Å². The molecule has 0 saturated carbocycles. The van der Waals surface area contributed by atoms with Crippen LogP contribution < -0.4 is 0 Å². The number of unbranched alkanes of at least 4 members (excludes halogenated alkanes) is 2. The summed E-state index contributed by atoms with van der Waals surface area (Å²) in [5.41, 5.74) is 1.02. The molecule has 1 aromatic carbocycles. The van der Waals surface area contributed by atoms with E-state index < -0.39 is 10.0 Å². The van der Waals surface area contributed by atoms with Gasteiger partial charge in [0.1, 0.15) is 15.9 Å². The van der Waals surface area contributed by atoms with Crippen LogP contribution in [-0.2, 0) is 14.8 Å². The predicted octanol–water partition coefficient (Wildman–Crippen LogP) is 2.10. The van der Waals surface area contributed by atoms with Crippen molar-refractivity contribution in [1.29, 1.82) is 0 Å². The molecule has 1 aliphatic rings. The van der Waals surface area contributed by atoms with E-state index in [0.29, 0.717) is 43.6 Å². The first-order valence-electron chi connectivity index (χ1n) is 8.53. The molecule has 0 radical (unpaired) electrons. The van der Waals surface area contributed by atoms with Crippen LogP contribution in [0.2, 0.25) is 0 Å². The molecule has 7 nitrogen and oxygen atoms in total. The molecular weight excluding hydrogens is 360 g/mol. The lowest BCUT2D eigenvalue weighted by molar-refractivity contribution is -0.132. The third-order valence-electron chi connectivity index (χ3n) is 4.45. The van der Waals surface area contributed by atoms with Crippen molar-refractivity contribution in [2.24, 2.45) is 0 Å². The van der Waals surface area contributed by atoms with E-state index in [0.717, 1.165) is 31.0 Å². The van der Waals surface area contributed by atoms with Crippen LogP contribution in [0.1, 0.15) is 32.6 Å². The van der Waals surface area contributed by atoms with E-state index in [1.807, 2.05) is 0 Å². The second kappa shape index (κ2) is 7.76. The van der Waals surface area contributed by atoms with Gasteiger partial charge in [-0.1, -0.05) is 25.8 Å². The number of sulfonamides is 1. The standard InChI is InChI=1S/C16H22N4O3S2/c1-2-3-4-8-15(21)19-9-11-20(12-10-19)25(22,23)14-7-5-6-13-16(14)18-24-17-13/h5-7H,2-4,8-12H2,1H3. The van der Waals surface area contributed by atoms with Crippen LogP contribution in [0.5, 0.6) is 0 Å². The van der Waals surface area contributed by atoms with Gasteiger partial charge in [-0.05, 0) is 18.6 Å². The topological polar surface area (TPSA) is 83.5 Å². The van der Waals surface area contributed by atoms with Gasteiger partial charge in [-0.15, -0.1) is 0 Å². The molecule has 3 rings (SSSR count). The first-order chi connectivity index (χ1) is 12.0. The number of hydrogen-bond donors (Lipinski definition) is 0. The van der Waals surface area contributed by atoms with Gasteiger partial charge in [-0.2, -0.15) is 13.1 Å². The first kappa shape index (κ1) is 18.2. The molecule has 2 heterocycles. The van der Waals surface area contributed by atoms with E-state index in [1.54, 1.807) is 23.1 Å². The Labute approximate surface area is 152 Å². The van der Waals surface area contributed by atoms with Gasteiger partial charge in [0.25, 0.3) is 0 Å². The van der Waals surface area contributed by atoms with E-state index in [2.05, 4.69) is 15.7 Å². The maximum atomic E-state index is 12.9. The Morgan fingerprint density at radius 1 is 1.16 bits per heavy atom. The van der Waals surface area contributed by atoms with Crippen molar-refractivity contribution in [3.63, 3.8) is 0 Å². The minimum Gasteiger partial charge on any atom is -0.340 e. The number of hydrogen-bond acceptors (Lipinski definition) is 6. The van der Waals surface area contributed by atoms with E-state index in [9.17, 15) is 13.2 Å². The summed E-state index contributed by atoms with van der Waals surface area (Å²) >= 11 is 1.01. The van der Waals surface area contributed by atoms with Gasteiger partial charge in [0, 0.05) is 32.6 Å². The summed E-state index contributed by atoms with van der Waals surface area (Å²) < 4.78 is 35.6. The Bertz CT molecular complexity index is 842. The molecule has 0 atom stereocenters. The van der Waals surface area contributed by atoms with Gasteiger partial charge in [-0.3, -0.25) is 4.79 Å². The third-order valence-corrected chi connectivity index (χ3v) is 6.93. The highest BCUT2D eigenvalue weighted by Crippen LogP contribution is 2.25. The Balaban J connectivity index is 1.68. The maximum absolute atomic E-state index is 12.9. The number of piperazine rings is 1. The van der Waals surface area contributed by atoms with Crippen LogP contribution in [0.25, 0.3) is 11.0 Å². The monoisotopic (exact) mass is 382 g/mol. The smallest absolute Gasteiger partial charge is 0.245 e. The fourth-order valence-electron chi connectivity index (χ4n) is 2.99. The first-order valence-corrected chi connectivity index (χ1v) is 10.7. The maximum Gasteiger partial charge on any atom is 0.245 e. The number of nitrogens with zero attached hydrogens (tertiary/aromatic N) is 4. The molecule has 0 spiro atoms. The van der Waals surface area contributed by atoms with Crippen molar-refractivity contribution < 1.29 is 13.2 Å². The van der Waals surface area contributed by atoms with Crippen LogP contribution in [0.4, 0.5) is 0 Å². The van der Waals surface area contributed by atoms with Crippen LogP contribution in [0.3, 0.4) is 0 Å². The summed E-state index contributed by atoms with van der Waals surface area (Å²) in [5, 5.41) is 0. The number of rotatable bonds is 6. The highest BCUT2D eigenvalue weighted by molar-refractivity contribution is 7.89. The number of benzene rings is 1. The van der Waals surface area contributed by atoms with Crippen molar-refractivity contribution in [3.05, 3.63) is 18.2 Å². The van der Waals surface area contributed by atoms with Gasteiger partial charge in [0.2, 0.25) is 15.9 Å². The number of amides is 1. The molecule has 1 saturated heterocycles. The Kier molecular flexibility index (Phi) is 5.65. The van der Waals surface area contributed by atoms with E-state index in [4.69, 9.17) is 0 Å². The molecule has 1 aliphatic heterocycles. The third kappa shape index (κ3) is 3.83. The van der Waals surface area contributed by atoms with Crippen LogP contribution in [-0.4, -0.2) is 58.5 Å². The fraction of sp³-hybridized carbons (Fsp3) is 0.562. The summed E-state index contributed by atoms with van der Waals surface area (Å²) in [7, 11) is -3.63. The summed E-state index contributed by atoms with van der Waals surface area (Å²) in [6.45, 7) is 3.61. The normalized spacial score (nSPS) is 16.4. The summed E-state index contributed by atoms with van der Waals surface area (Å²) in [6.07, 6.45) is 3.57. The average Bonchev–Trinajstić information content (AvgIpc) is 3.10. The molecular formula is C16H22N4O3S2. The highest BCUT2D eigenvalue weighted by atomic mass is 32.2. The van der Waals surface area contributed by atoms with E-state index in [-0.39, 0.29) is 10.8 Å². The van der Waals surface area contributed by atoms with Crippen LogP contribution >= 0.6 is 11.7 Å². The lowest BCUT2D eigenvalue weighted by atomic mass is 10.2. The average molecular weight is 383 g/mol. The zero-order valence-corrected chi connectivity index (χ0v) is 15.9. The van der Waals surface area contributed by atoms with Crippen molar-refractivity contribution in [1.82, 2.24) is 18.0 Å². The van der Waals surface area contributed by atoms with E-state index in [1.165, 1.54) is 4.31 Å². The lowest BCUT2D eigenvalue weighted by Crippen LogP contribution is -2.50. The lowest BCUT2D eigenvalue weighted by Gasteiger charge is -2.34. The Hall–Kier alpha value is -1.58. The molecule has 1 aromatic heterocycles. The molecule has 0 N–H and O–H groups in total. The predicted molar refractivity (Wildman–Crippen MR) is 96.9 cm³/mol. The van der Waals surface area contributed by atoms with E-state index >= 15 is 0 Å². The minimum absolute atomic E-state index is 0.122. The Morgan fingerprint density at radius 2 is 1.92 bits per heavy atom. The van der Waals surface area contributed by atoms with Crippen molar-refractivity contribution in [2.75, 3.05) is 26.2 Å². The Morgan fingerprint density at radius 3 is 2.64 bits per heavy atom. The van der Waals surface area contributed by atoms with Crippen molar-refractivity contribution >= 4 is 38.7 Å². The molecule has 0 aliphatic carbocycles. The van der Waals surface area contributed by atoms with Crippen LogP contribution in [0.15, 0.2) is 23.1 Å². The molecule has 25 heavy (non-hydrogen) atoms. The number of fused-ring (bicyclic) bond motifs is 1. The molecule has 9 heteroatoms. The van der Waals surface area contributed by atoms with Gasteiger partial charge in [0.05, 0.1) is 11.7 Å². The molecule has 1 fully saturated rings. The zero-order valence-electron chi connectivity index (χ0n) is 14.2. The zero-order chi connectivity index (χ0) is 17.9. The molecule has 0 unspecified atom stereocenters.